The summed E-state index contributed by atoms with van der Waals surface area (Å²) in [5.74, 6) is 0.708. The Hall–Kier alpha value is -1.60. The summed E-state index contributed by atoms with van der Waals surface area (Å²) in [6, 6.07) is 1.96. The monoisotopic (exact) mass is 327 g/mol. The smallest absolute Gasteiger partial charge is 0.316 e. The number of carbonyl (C=O) groups is 1. The predicted molar refractivity (Wildman–Crippen MR) is 87.4 cm³/mol. The van der Waals surface area contributed by atoms with Gasteiger partial charge in [0.1, 0.15) is 10.6 Å². The van der Waals surface area contributed by atoms with E-state index in [4.69, 9.17) is 11.6 Å². The zero-order valence-electron chi connectivity index (χ0n) is 12.2. The van der Waals surface area contributed by atoms with Crippen LogP contribution in [-0.4, -0.2) is 48.1 Å². The van der Waals surface area contributed by atoms with Crippen LogP contribution in [-0.2, 0) is 6.42 Å². The number of carbonyl (C=O) groups excluding carboxylic acids is 1. The lowest BCUT2D eigenvalue weighted by Crippen LogP contribution is -2.37. The predicted octanol–water partition coefficient (Wildman–Crippen LogP) is 2.59. The average molecular weight is 328 g/mol. The van der Waals surface area contributed by atoms with Gasteiger partial charge in [-0.1, -0.05) is 6.92 Å². The van der Waals surface area contributed by atoms with Gasteiger partial charge in [0.2, 0.25) is 5.28 Å². The van der Waals surface area contributed by atoms with E-state index in [0.717, 1.165) is 16.6 Å². The van der Waals surface area contributed by atoms with Crippen LogP contribution < -0.4 is 10.6 Å². The summed E-state index contributed by atoms with van der Waals surface area (Å²) in [5.41, 5.74) is 0. The number of rotatable bonds is 5. The highest BCUT2D eigenvalue weighted by Crippen LogP contribution is 2.30. The van der Waals surface area contributed by atoms with E-state index < -0.39 is 0 Å². The number of nitrogens with zero attached hydrogens (tertiary/aromatic N) is 3. The molecule has 0 spiro atoms. The zero-order chi connectivity index (χ0) is 15.4. The Labute approximate surface area is 132 Å². The molecule has 0 aliphatic carbocycles. The molecular formula is C13H18ClN5OS. The molecule has 0 aliphatic heterocycles. The number of hydrogen-bond acceptors (Lipinski definition) is 5. The number of aromatic nitrogens is 2. The van der Waals surface area contributed by atoms with E-state index in [2.05, 4.69) is 33.6 Å². The minimum atomic E-state index is -0.119. The maximum atomic E-state index is 11.4. The van der Waals surface area contributed by atoms with E-state index in [0.29, 0.717) is 18.9 Å². The number of urea groups is 1. The van der Waals surface area contributed by atoms with Crippen molar-refractivity contribution in [1.82, 2.24) is 20.2 Å². The fourth-order valence-electron chi connectivity index (χ4n) is 1.76. The fourth-order valence-corrected chi connectivity index (χ4v) is 2.95. The molecule has 0 saturated heterocycles. The van der Waals surface area contributed by atoms with Crippen LogP contribution in [0.25, 0.3) is 10.2 Å². The molecule has 0 atom stereocenters. The Bertz CT molecular complexity index is 643. The molecule has 2 rings (SSSR count). The first-order chi connectivity index (χ1) is 10.0. The molecule has 0 aliphatic rings. The minimum absolute atomic E-state index is 0.119. The van der Waals surface area contributed by atoms with Crippen molar-refractivity contribution in [1.29, 1.82) is 0 Å². The second kappa shape index (κ2) is 6.91. The summed E-state index contributed by atoms with van der Waals surface area (Å²) in [7, 11) is 3.41. The number of halogens is 1. The van der Waals surface area contributed by atoms with E-state index in [9.17, 15) is 4.79 Å². The van der Waals surface area contributed by atoms with Crippen LogP contribution in [0.1, 0.15) is 11.8 Å². The van der Waals surface area contributed by atoms with Crippen LogP contribution in [0.4, 0.5) is 10.6 Å². The first-order valence-electron chi connectivity index (χ1n) is 6.66. The van der Waals surface area contributed by atoms with Crippen molar-refractivity contribution in [3.8, 4) is 0 Å². The van der Waals surface area contributed by atoms with Crippen LogP contribution in [0.2, 0.25) is 5.28 Å². The van der Waals surface area contributed by atoms with Crippen molar-refractivity contribution in [2.45, 2.75) is 13.3 Å². The summed E-state index contributed by atoms with van der Waals surface area (Å²) >= 11 is 7.57. The van der Waals surface area contributed by atoms with E-state index in [1.807, 2.05) is 0 Å². The number of nitrogens with one attached hydrogen (secondary N) is 2. The van der Waals surface area contributed by atoms with Gasteiger partial charge in [-0.3, -0.25) is 0 Å². The number of aryl methyl sites for hydroxylation is 1. The molecule has 0 aromatic carbocycles. The van der Waals surface area contributed by atoms with Crippen molar-refractivity contribution in [2.75, 3.05) is 32.5 Å². The molecule has 2 heterocycles. The third-order valence-electron chi connectivity index (χ3n) is 2.86. The van der Waals surface area contributed by atoms with Gasteiger partial charge < -0.3 is 15.5 Å². The van der Waals surface area contributed by atoms with Gasteiger partial charge in [-0.25, -0.2) is 14.8 Å². The van der Waals surface area contributed by atoms with Gasteiger partial charge in [-0.2, -0.15) is 0 Å². The summed E-state index contributed by atoms with van der Waals surface area (Å²) in [4.78, 5) is 23.5. The second-order valence-electron chi connectivity index (χ2n) is 4.68. The normalized spacial score (nSPS) is 10.7. The Morgan fingerprint density at radius 1 is 1.38 bits per heavy atom. The van der Waals surface area contributed by atoms with Crippen molar-refractivity contribution in [2.24, 2.45) is 0 Å². The fraction of sp³-hybridized carbons (Fsp3) is 0.462. The number of anilines is 1. The molecule has 0 fully saturated rings. The number of hydrogen-bond donors (Lipinski definition) is 2. The third-order valence-corrected chi connectivity index (χ3v) is 4.21. The minimum Gasteiger partial charge on any atom is -0.368 e. The zero-order valence-corrected chi connectivity index (χ0v) is 13.8. The van der Waals surface area contributed by atoms with Gasteiger partial charge in [-0.15, -0.1) is 11.3 Å². The first-order valence-corrected chi connectivity index (χ1v) is 7.85. The summed E-state index contributed by atoms with van der Waals surface area (Å²) in [6.07, 6.45) is 0.955. The van der Waals surface area contributed by atoms with Gasteiger partial charge in [0.15, 0.2) is 0 Å². The molecule has 0 unspecified atom stereocenters. The number of fused-ring (bicyclic) bond motifs is 1. The molecule has 0 bridgehead atoms. The molecule has 2 aromatic heterocycles. The van der Waals surface area contributed by atoms with E-state index >= 15 is 0 Å². The Morgan fingerprint density at radius 2 is 2.14 bits per heavy atom. The standard InChI is InChI=1S/C13H18ClN5OS/c1-4-8-7-9-10(17-12(14)18-11(9)21-8)15-5-6-16-13(20)19(2)3/h7H,4-6H2,1-3H3,(H,16,20)(H,15,17,18). The number of thiophene rings is 1. The van der Waals surface area contributed by atoms with Gasteiger partial charge in [0.25, 0.3) is 0 Å². The molecule has 0 radical (unpaired) electrons. The van der Waals surface area contributed by atoms with Gasteiger partial charge in [0.05, 0.1) is 5.39 Å². The summed E-state index contributed by atoms with van der Waals surface area (Å²) < 4.78 is 0. The highest BCUT2D eigenvalue weighted by Gasteiger charge is 2.10. The quantitative estimate of drug-likeness (QED) is 0.654. The summed E-state index contributed by atoms with van der Waals surface area (Å²) in [6.45, 7) is 3.17. The summed E-state index contributed by atoms with van der Waals surface area (Å²) in [5, 5.41) is 7.18. The molecule has 0 saturated carbocycles. The molecule has 8 heteroatoms. The Kier molecular flexibility index (Phi) is 5.19. The van der Waals surface area contributed by atoms with Crippen LogP contribution in [0, 0.1) is 0 Å². The van der Waals surface area contributed by atoms with Crippen LogP contribution in [0.5, 0.6) is 0 Å². The molecule has 2 amide bonds. The van der Waals surface area contributed by atoms with Gasteiger partial charge in [-0.05, 0) is 24.1 Å². The van der Waals surface area contributed by atoms with Gasteiger partial charge in [0, 0.05) is 32.1 Å². The number of amides is 2. The largest absolute Gasteiger partial charge is 0.368 e. The molecule has 2 aromatic rings. The Morgan fingerprint density at radius 3 is 2.81 bits per heavy atom. The van der Waals surface area contributed by atoms with Crippen molar-refractivity contribution >= 4 is 45.0 Å². The molecule has 114 valence electrons. The van der Waals surface area contributed by atoms with E-state index in [-0.39, 0.29) is 11.3 Å². The van der Waals surface area contributed by atoms with Crippen molar-refractivity contribution in [3.05, 3.63) is 16.2 Å². The van der Waals surface area contributed by atoms with Crippen molar-refractivity contribution < 1.29 is 4.79 Å². The second-order valence-corrected chi connectivity index (χ2v) is 6.13. The third kappa shape index (κ3) is 3.95. The highest BCUT2D eigenvalue weighted by atomic mass is 35.5. The average Bonchev–Trinajstić information content (AvgIpc) is 2.85. The lowest BCUT2D eigenvalue weighted by molar-refractivity contribution is 0.218. The maximum Gasteiger partial charge on any atom is 0.316 e. The highest BCUT2D eigenvalue weighted by molar-refractivity contribution is 7.18. The maximum absolute atomic E-state index is 11.4. The SMILES string of the molecule is CCc1cc2c(NCCNC(=O)N(C)C)nc(Cl)nc2s1. The van der Waals surface area contributed by atoms with E-state index in [1.54, 1.807) is 25.4 Å². The molecule has 21 heavy (non-hydrogen) atoms. The molecule has 2 N–H and O–H groups in total. The first kappa shape index (κ1) is 15.8. The van der Waals surface area contributed by atoms with Crippen molar-refractivity contribution in [3.63, 3.8) is 0 Å². The molecule has 6 nitrogen and oxygen atoms in total. The van der Waals surface area contributed by atoms with Crippen LogP contribution in [0.3, 0.4) is 0 Å². The topological polar surface area (TPSA) is 70.2 Å². The Balaban J connectivity index is 2.04. The van der Waals surface area contributed by atoms with Gasteiger partial charge >= 0.3 is 6.03 Å². The van der Waals surface area contributed by atoms with E-state index in [1.165, 1.54) is 9.78 Å². The molecular weight excluding hydrogens is 310 g/mol. The lowest BCUT2D eigenvalue weighted by Gasteiger charge is -2.12. The lowest BCUT2D eigenvalue weighted by atomic mass is 10.3. The van der Waals surface area contributed by atoms with Crippen LogP contribution in [0.15, 0.2) is 6.07 Å². The van der Waals surface area contributed by atoms with Crippen LogP contribution >= 0.6 is 22.9 Å².